The zero-order chi connectivity index (χ0) is 25.2. The Hall–Kier alpha value is -3.63. The molecule has 1 aliphatic heterocycles. The number of nitro benzene ring substituents is 1. The van der Waals surface area contributed by atoms with E-state index < -0.39 is 20.9 Å². The van der Waals surface area contributed by atoms with Crippen LogP contribution in [-0.2, 0) is 10.0 Å². The molecule has 1 heterocycles. The zero-order valence-electron chi connectivity index (χ0n) is 18.8. The fourth-order valence-corrected chi connectivity index (χ4v) is 5.08. The number of amides is 1. The van der Waals surface area contributed by atoms with Crippen LogP contribution in [0.1, 0.15) is 28.8 Å². The van der Waals surface area contributed by atoms with E-state index in [0.717, 1.165) is 25.9 Å². The Morgan fingerprint density at radius 1 is 1.03 bits per heavy atom. The summed E-state index contributed by atoms with van der Waals surface area (Å²) in [4.78, 5) is 26.0. The van der Waals surface area contributed by atoms with E-state index >= 15 is 0 Å². The summed E-state index contributed by atoms with van der Waals surface area (Å²) in [5.74, 6) is -0.579. The van der Waals surface area contributed by atoms with E-state index in [1.165, 1.54) is 36.4 Å². The maximum absolute atomic E-state index is 12.9. The van der Waals surface area contributed by atoms with Crippen LogP contribution in [-0.4, -0.2) is 32.3 Å². The van der Waals surface area contributed by atoms with Gasteiger partial charge in [-0.25, -0.2) is 8.42 Å². The first kappa shape index (κ1) is 24.5. The first-order valence-electron chi connectivity index (χ1n) is 10.9. The minimum atomic E-state index is -3.94. The highest BCUT2D eigenvalue weighted by Crippen LogP contribution is 2.32. The fourth-order valence-electron chi connectivity index (χ4n) is 3.87. The van der Waals surface area contributed by atoms with Gasteiger partial charge >= 0.3 is 0 Å². The van der Waals surface area contributed by atoms with Gasteiger partial charge in [0.25, 0.3) is 21.6 Å². The number of nitro groups is 1. The molecule has 0 spiro atoms. The molecule has 3 aromatic carbocycles. The van der Waals surface area contributed by atoms with Crippen LogP contribution in [0.2, 0.25) is 5.02 Å². The summed E-state index contributed by atoms with van der Waals surface area (Å²) in [6.45, 7) is 3.19. The molecule has 1 amide bonds. The summed E-state index contributed by atoms with van der Waals surface area (Å²) in [5, 5.41) is 14.8. The van der Waals surface area contributed by atoms with Crippen LogP contribution in [0.4, 0.5) is 22.7 Å². The number of sulfonamides is 1. The molecular formula is C24H23ClN4O5S. The number of rotatable bonds is 7. The van der Waals surface area contributed by atoms with Crippen LogP contribution < -0.4 is 14.9 Å². The van der Waals surface area contributed by atoms with Crippen molar-refractivity contribution in [1.29, 1.82) is 0 Å². The van der Waals surface area contributed by atoms with E-state index in [0.29, 0.717) is 22.0 Å². The third kappa shape index (κ3) is 5.55. The third-order valence-electron chi connectivity index (χ3n) is 5.75. The lowest BCUT2D eigenvalue weighted by Gasteiger charge is -2.18. The second kappa shape index (κ2) is 9.93. The number of nitrogens with zero attached hydrogens (tertiary/aromatic N) is 2. The minimum absolute atomic E-state index is 0.0521. The Morgan fingerprint density at radius 2 is 1.71 bits per heavy atom. The van der Waals surface area contributed by atoms with Crippen molar-refractivity contribution in [3.05, 3.63) is 86.9 Å². The highest BCUT2D eigenvalue weighted by molar-refractivity contribution is 7.92. The minimum Gasteiger partial charge on any atom is -0.366 e. The van der Waals surface area contributed by atoms with Crippen molar-refractivity contribution in [3.63, 3.8) is 0 Å². The van der Waals surface area contributed by atoms with Crippen molar-refractivity contribution in [2.24, 2.45) is 0 Å². The maximum Gasteiger partial charge on any atom is 0.293 e. The largest absolute Gasteiger partial charge is 0.366 e. The molecule has 4 rings (SSSR count). The summed E-state index contributed by atoms with van der Waals surface area (Å²) in [6, 6.07) is 14.9. The van der Waals surface area contributed by atoms with Crippen molar-refractivity contribution < 1.29 is 18.1 Å². The Morgan fingerprint density at radius 3 is 2.37 bits per heavy atom. The van der Waals surface area contributed by atoms with Crippen LogP contribution in [0.3, 0.4) is 0 Å². The Bertz CT molecular complexity index is 1390. The Balaban J connectivity index is 1.58. The van der Waals surface area contributed by atoms with Gasteiger partial charge in [0, 0.05) is 41.1 Å². The molecule has 1 aliphatic rings. The van der Waals surface area contributed by atoms with Gasteiger partial charge in [-0.05, 0) is 73.9 Å². The summed E-state index contributed by atoms with van der Waals surface area (Å²) in [6.07, 6.45) is 1.93. The predicted octanol–water partition coefficient (Wildman–Crippen LogP) is 5.21. The third-order valence-corrected chi connectivity index (χ3v) is 7.38. The highest BCUT2D eigenvalue weighted by Gasteiger charge is 2.24. The number of hydrogen-bond acceptors (Lipinski definition) is 6. The number of anilines is 3. The Kier molecular flexibility index (Phi) is 6.95. The van der Waals surface area contributed by atoms with Gasteiger partial charge in [-0.3, -0.25) is 19.6 Å². The van der Waals surface area contributed by atoms with Gasteiger partial charge in [-0.1, -0.05) is 17.7 Å². The number of aryl methyl sites for hydroxylation is 1. The molecule has 182 valence electrons. The summed E-state index contributed by atoms with van der Waals surface area (Å²) >= 11 is 5.85. The first-order valence-corrected chi connectivity index (χ1v) is 12.7. The summed E-state index contributed by atoms with van der Waals surface area (Å²) < 4.78 is 28.2. The maximum atomic E-state index is 12.9. The van der Waals surface area contributed by atoms with E-state index in [-0.39, 0.29) is 21.8 Å². The molecule has 0 atom stereocenters. The van der Waals surface area contributed by atoms with E-state index in [2.05, 4.69) is 10.0 Å². The lowest BCUT2D eigenvalue weighted by Crippen LogP contribution is -2.20. The standard InChI is InChI=1S/C24H23ClN4O5S/c1-16-4-10-20(35(33,34)27-19-8-6-18(25)7-9-19)15-21(16)26-24(30)17-5-11-22(23(14-17)29(31)32)28-12-2-3-13-28/h4-11,14-15,27H,2-3,12-13H2,1H3,(H,26,30). The smallest absolute Gasteiger partial charge is 0.293 e. The molecule has 0 aliphatic carbocycles. The van der Waals surface area contributed by atoms with Crippen LogP contribution in [0.5, 0.6) is 0 Å². The highest BCUT2D eigenvalue weighted by atomic mass is 35.5. The van der Waals surface area contributed by atoms with Gasteiger partial charge in [0.15, 0.2) is 0 Å². The SMILES string of the molecule is Cc1ccc(S(=O)(=O)Nc2ccc(Cl)cc2)cc1NC(=O)c1ccc(N2CCCC2)c([N+](=O)[O-])c1. The second-order valence-electron chi connectivity index (χ2n) is 8.20. The molecule has 0 bridgehead atoms. The normalized spacial score (nSPS) is 13.5. The average molecular weight is 515 g/mol. The summed E-state index contributed by atoms with van der Waals surface area (Å²) in [7, 11) is -3.94. The van der Waals surface area contributed by atoms with E-state index in [9.17, 15) is 23.3 Å². The molecular weight excluding hydrogens is 492 g/mol. The van der Waals surface area contributed by atoms with Gasteiger partial charge in [-0.2, -0.15) is 0 Å². The van der Waals surface area contributed by atoms with E-state index in [1.54, 1.807) is 31.2 Å². The van der Waals surface area contributed by atoms with Crippen molar-refractivity contribution in [2.75, 3.05) is 28.0 Å². The van der Waals surface area contributed by atoms with Crippen molar-refractivity contribution >= 4 is 50.3 Å². The molecule has 1 fully saturated rings. The van der Waals surface area contributed by atoms with Crippen LogP contribution in [0, 0.1) is 17.0 Å². The van der Waals surface area contributed by atoms with Crippen LogP contribution >= 0.6 is 11.6 Å². The molecule has 11 heteroatoms. The molecule has 0 saturated carbocycles. The lowest BCUT2D eigenvalue weighted by atomic mass is 10.1. The molecule has 0 aromatic heterocycles. The molecule has 35 heavy (non-hydrogen) atoms. The number of hydrogen-bond donors (Lipinski definition) is 2. The van der Waals surface area contributed by atoms with Crippen molar-refractivity contribution in [2.45, 2.75) is 24.7 Å². The molecule has 0 unspecified atom stereocenters. The van der Waals surface area contributed by atoms with E-state index in [1.807, 2.05) is 4.90 Å². The summed E-state index contributed by atoms with van der Waals surface area (Å²) in [5.41, 5.74) is 1.70. The number of benzene rings is 3. The molecule has 3 aromatic rings. The zero-order valence-corrected chi connectivity index (χ0v) is 20.4. The average Bonchev–Trinajstić information content (AvgIpc) is 3.36. The van der Waals surface area contributed by atoms with Gasteiger partial charge in [-0.15, -0.1) is 0 Å². The Labute approximate surface area is 207 Å². The van der Waals surface area contributed by atoms with Gasteiger partial charge in [0.1, 0.15) is 5.69 Å². The molecule has 1 saturated heterocycles. The first-order chi connectivity index (χ1) is 16.6. The number of halogens is 1. The fraction of sp³-hybridized carbons (Fsp3) is 0.208. The number of carbonyl (C=O) groups excluding carboxylic acids is 1. The van der Waals surface area contributed by atoms with Crippen molar-refractivity contribution in [3.8, 4) is 0 Å². The predicted molar refractivity (Wildman–Crippen MR) is 136 cm³/mol. The topological polar surface area (TPSA) is 122 Å². The molecule has 9 nitrogen and oxygen atoms in total. The molecule has 2 N–H and O–H groups in total. The van der Waals surface area contributed by atoms with Crippen LogP contribution in [0.15, 0.2) is 65.6 Å². The van der Waals surface area contributed by atoms with Crippen LogP contribution in [0.25, 0.3) is 0 Å². The quantitative estimate of drug-likeness (QED) is 0.329. The van der Waals surface area contributed by atoms with E-state index in [4.69, 9.17) is 11.6 Å². The van der Waals surface area contributed by atoms with Gasteiger partial charge < -0.3 is 10.2 Å². The monoisotopic (exact) mass is 514 g/mol. The van der Waals surface area contributed by atoms with Gasteiger partial charge in [0.05, 0.1) is 9.82 Å². The van der Waals surface area contributed by atoms with Crippen molar-refractivity contribution in [1.82, 2.24) is 0 Å². The number of nitrogens with one attached hydrogen (secondary N) is 2. The number of carbonyl (C=O) groups is 1. The van der Waals surface area contributed by atoms with Gasteiger partial charge in [0.2, 0.25) is 0 Å². The second-order valence-corrected chi connectivity index (χ2v) is 10.3. The lowest BCUT2D eigenvalue weighted by molar-refractivity contribution is -0.384. The molecule has 0 radical (unpaired) electrons.